The van der Waals surface area contributed by atoms with Crippen molar-refractivity contribution in [2.24, 2.45) is 0 Å². The van der Waals surface area contributed by atoms with E-state index in [1.54, 1.807) is 32.0 Å². The van der Waals surface area contributed by atoms with Crippen LogP contribution in [0.5, 0.6) is 5.75 Å². The molecule has 132 valence electrons. The van der Waals surface area contributed by atoms with Crippen molar-refractivity contribution in [3.8, 4) is 5.75 Å². The molecule has 0 aliphatic carbocycles. The Kier molecular flexibility index (Phi) is 7.01. The number of esters is 1. The van der Waals surface area contributed by atoms with Crippen LogP contribution < -0.4 is 10.1 Å². The highest BCUT2D eigenvalue weighted by Gasteiger charge is 2.13. The molecular weight excluding hydrogens is 318 g/mol. The predicted molar refractivity (Wildman–Crippen MR) is 96.9 cm³/mol. The number of benzene rings is 2. The van der Waals surface area contributed by atoms with Crippen LogP contribution in [0.25, 0.3) is 0 Å². The van der Waals surface area contributed by atoms with E-state index in [0.29, 0.717) is 42.9 Å². The molecular formula is C20H23NO4. The van der Waals surface area contributed by atoms with E-state index in [4.69, 9.17) is 9.47 Å². The normalized spacial score (nSPS) is 10.2. The monoisotopic (exact) mass is 341 g/mol. The average Bonchev–Trinajstić information content (AvgIpc) is 2.61. The molecule has 0 fully saturated rings. The molecule has 0 aromatic heterocycles. The van der Waals surface area contributed by atoms with Gasteiger partial charge in [0.05, 0.1) is 18.8 Å². The standard InChI is InChI=1S/C20H23NO4/c1-3-24-20(23)17-11-7-12-18(15(17)2)21-19(22)13-8-14-25-16-9-5-4-6-10-16/h4-7,9-12H,3,8,13-14H2,1-2H3,(H,21,22). The van der Waals surface area contributed by atoms with Gasteiger partial charge in [0, 0.05) is 12.1 Å². The van der Waals surface area contributed by atoms with Gasteiger partial charge >= 0.3 is 5.97 Å². The molecule has 1 N–H and O–H groups in total. The topological polar surface area (TPSA) is 64.6 Å². The molecule has 0 aliphatic rings. The van der Waals surface area contributed by atoms with E-state index >= 15 is 0 Å². The molecule has 0 atom stereocenters. The van der Waals surface area contributed by atoms with Crippen LogP contribution in [-0.2, 0) is 9.53 Å². The van der Waals surface area contributed by atoms with Gasteiger partial charge in [-0.25, -0.2) is 4.79 Å². The summed E-state index contributed by atoms with van der Waals surface area (Å²) in [6.07, 6.45) is 0.952. The first-order valence-corrected chi connectivity index (χ1v) is 8.36. The summed E-state index contributed by atoms with van der Waals surface area (Å²) in [6.45, 7) is 4.34. The largest absolute Gasteiger partial charge is 0.494 e. The highest BCUT2D eigenvalue weighted by molar-refractivity contribution is 5.96. The van der Waals surface area contributed by atoms with Crippen LogP contribution in [0.3, 0.4) is 0 Å². The van der Waals surface area contributed by atoms with Crippen LogP contribution >= 0.6 is 0 Å². The lowest BCUT2D eigenvalue weighted by molar-refractivity contribution is -0.116. The molecule has 25 heavy (non-hydrogen) atoms. The summed E-state index contributed by atoms with van der Waals surface area (Å²) in [4.78, 5) is 24.0. The van der Waals surface area contributed by atoms with Gasteiger partial charge in [-0.05, 0) is 50.1 Å². The van der Waals surface area contributed by atoms with E-state index in [-0.39, 0.29) is 11.9 Å². The predicted octanol–water partition coefficient (Wildman–Crippen LogP) is 3.97. The second kappa shape index (κ2) is 9.47. The van der Waals surface area contributed by atoms with Crippen molar-refractivity contribution in [1.82, 2.24) is 0 Å². The number of hydrogen-bond donors (Lipinski definition) is 1. The summed E-state index contributed by atoms with van der Waals surface area (Å²) in [6, 6.07) is 14.7. The Labute approximate surface area is 148 Å². The van der Waals surface area contributed by atoms with E-state index in [1.165, 1.54) is 0 Å². The molecule has 0 saturated carbocycles. The van der Waals surface area contributed by atoms with Crippen LogP contribution in [0.4, 0.5) is 5.69 Å². The number of rotatable bonds is 8. The summed E-state index contributed by atoms with van der Waals surface area (Å²) in [5.74, 6) is 0.300. The first-order valence-electron chi connectivity index (χ1n) is 8.36. The fourth-order valence-corrected chi connectivity index (χ4v) is 2.35. The highest BCUT2D eigenvalue weighted by Crippen LogP contribution is 2.20. The lowest BCUT2D eigenvalue weighted by Crippen LogP contribution is -2.15. The first-order chi connectivity index (χ1) is 12.1. The minimum atomic E-state index is -0.382. The average molecular weight is 341 g/mol. The number of carbonyl (C=O) groups is 2. The second-order valence-corrected chi connectivity index (χ2v) is 5.51. The number of hydrogen-bond acceptors (Lipinski definition) is 4. The van der Waals surface area contributed by atoms with E-state index in [0.717, 1.165) is 5.75 Å². The van der Waals surface area contributed by atoms with Crippen LogP contribution in [0, 0.1) is 6.92 Å². The van der Waals surface area contributed by atoms with E-state index in [1.807, 2.05) is 30.3 Å². The van der Waals surface area contributed by atoms with Crippen molar-refractivity contribution >= 4 is 17.6 Å². The molecule has 2 aromatic carbocycles. The van der Waals surface area contributed by atoms with Crippen LogP contribution in [0.1, 0.15) is 35.7 Å². The fraction of sp³-hybridized carbons (Fsp3) is 0.300. The number of carbonyl (C=O) groups excluding carboxylic acids is 2. The third-order valence-corrected chi connectivity index (χ3v) is 3.66. The summed E-state index contributed by atoms with van der Waals surface area (Å²) >= 11 is 0. The first kappa shape index (κ1) is 18.5. The minimum Gasteiger partial charge on any atom is -0.494 e. The van der Waals surface area contributed by atoms with Gasteiger partial charge in [-0.1, -0.05) is 24.3 Å². The zero-order valence-corrected chi connectivity index (χ0v) is 14.6. The third kappa shape index (κ3) is 5.64. The van der Waals surface area contributed by atoms with Crippen LogP contribution in [-0.4, -0.2) is 25.1 Å². The molecule has 0 spiro atoms. The molecule has 1 amide bonds. The zero-order chi connectivity index (χ0) is 18.1. The Morgan fingerprint density at radius 2 is 1.80 bits per heavy atom. The second-order valence-electron chi connectivity index (χ2n) is 5.51. The lowest BCUT2D eigenvalue weighted by atomic mass is 10.1. The SMILES string of the molecule is CCOC(=O)c1cccc(NC(=O)CCCOc2ccccc2)c1C. The van der Waals surface area contributed by atoms with Gasteiger partial charge < -0.3 is 14.8 Å². The summed E-state index contributed by atoms with van der Waals surface area (Å²) < 4.78 is 10.6. The highest BCUT2D eigenvalue weighted by atomic mass is 16.5. The zero-order valence-electron chi connectivity index (χ0n) is 14.6. The maximum absolute atomic E-state index is 12.1. The Morgan fingerprint density at radius 1 is 1.04 bits per heavy atom. The number of ether oxygens (including phenoxy) is 2. The molecule has 2 aromatic rings. The van der Waals surface area contributed by atoms with Crippen molar-refractivity contribution in [2.75, 3.05) is 18.5 Å². The Morgan fingerprint density at radius 3 is 2.52 bits per heavy atom. The maximum atomic E-state index is 12.1. The molecule has 5 heteroatoms. The van der Waals surface area contributed by atoms with Crippen molar-refractivity contribution < 1.29 is 19.1 Å². The van der Waals surface area contributed by atoms with Crippen molar-refractivity contribution in [3.63, 3.8) is 0 Å². The Balaban J connectivity index is 1.84. The van der Waals surface area contributed by atoms with Crippen molar-refractivity contribution in [1.29, 1.82) is 0 Å². The van der Waals surface area contributed by atoms with E-state index in [9.17, 15) is 9.59 Å². The number of nitrogens with one attached hydrogen (secondary N) is 1. The molecule has 2 rings (SSSR count). The van der Waals surface area contributed by atoms with Crippen molar-refractivity contribution in [2.45, 2.75) is 26.7 Å². The van der Waals surface area contributed by atoms with Gasteiger partial charge in [-0.3, -0.25) is 4.79 Å². The van der Waals surface area contributed by atoms with Crippen LogP contribution in [0.2, 0.25) is 0 Å². The van der Waals surface area contributed by atoms with Gasteiger partial charge in [-0.2, -0.15) is 0 Å². The van der Waals surface area contributed by atoms with E-state index in [2.05, 4.69) is 5.32 Å². The van der Waals surface area contributed by atoms with Gasteiger partial charge in [0.2, 0.25) is 5.91 Å². The van der Waals surface area contributed by atoms with Gasteiger partial charge in [-0.15, -0.1) is 0 Å². The Bertz CT molecular complexity index is 713. The molecule has 0 bridgehead atoms. The molecule has 0 radical (unpaired) electrons. The number of para-hydroxylation sites is 1. The maximum Gasteiger partial charge on any atom is 0.338 e. The molecule has 0 unspecified atom stereocenters. The molecule has 5 nitrogen and oxygen atoms in total. The summed E-state index contributed by atoms with van der Waals surface area (Å²) in [5.41, 5.74) is 1.79. The van der Waals surface area contributed by atoms with Crippen LogP contribution in [0.15, 0.2) is 48.5 Å². The number of anilines is 1. The van der Waals surface area contributed by atoms with Gasteiger partial charge in [0.25, 0.3) is 0 Å². The smallest absolute Gasteiger partial charge is 0.338 e. The van der Waals surface area contributed by atoms with Gasteiger partial charge in [0.1, 0.15) is 5.75 Å². The number of amides is 1. The molecule has 0 saturated heterocycles. The third-order valence-electron chi connectivity index (χ3n) is 3.66. The summed E-state index contributed by atoms with van der Waals surface area (Å²) in [5, 5.41) is 2.84. The quantitative estimate of drug-likeness (QED) is 0.583. The lowest BCUT2D eigenvalue weighted by Gasteiger charge is -2.12. The molecule has 0 heterocycles. The van der Waals surface area contributed by atoms with Gasteiger partial charge in [0.15, 0.2) is 0 Å². The van der Waals surface area contributed by atoms with Crippen molar-refractivity contribution in [3.05, 3.63) is 59.7 Å². The van der Waals surface area contributed by atoms with E-state index < -0.39 is 0 Å². The molecule has 0 aliphatic heterocycles. The minimum absolute atomic E-state index is 0.110. The summed E-state index contributed by atoms with van der Waals surface area (Å²) in [7, 11) is 0. The Hall–Kier alpha value is -2.82. The fourth-order valence-electron chi connectivity index (χ4n) is 2.35.